The maximum atomic E-state index is 14.6. The Morgan fingerprint density at radius 1 is 0.854 bits per heavy atom. The predicted molar refractivity (Wildman–Crippen MR) is 154 cm³/mol. The van der Waals surface area contributed by atoms with Crippen molar-refractivity contribution < 1.29 is 19.3 Å². The standard InChI is InChI=1S/C34H24N2O5/c1-20-14-15-21-16-17-28-34(32(38)25-12-5-6-13-26(25)33(34)39)29(23-10-7-11-24(19-23)36(40)41)30(35(28)27(21)18-20)31(37)22-8-3-2-4-9-22/h2-19,28-30H,1H3/t28-,29+,30-/m1/s1. The number of aryl methyl sites for hydroxylation is 1. The number of nitrogens with zero attached hydrogens (tertiary/aromatic N) is 2. The first-order chi connectivity index (χ1) is 19.8. The first kappa shape index (κ1) is 24.8. The molecule has 2 heterocycles. The quantitative estimate of drug-likeness (QED) is 0.132. The number of non-ortho nitro benzene ring substituents is 1. The summed E-state index contributed by atoms with van der Waals surface area (Å²) in [6.07, 6.45) is 3.75. The molecule has 0 radical (unpaired) electrons. The molecule has 1 fully saturated rings. The third-order valence-electron chi connectivity index (χ3n) is 8.73. The number of Topliss-reactive ketones (excluding diaryl/α,β-unsaturated/α-hetero) is 3. The average Bonchev–Trinajstić information content (AvgIpc) is 3.43. The molecule has 0 N–H and O–H groups in total. The molecule has 7 nitrogen and oxygen atoms in total. The fraction of sp³-hybridized carbons (Fsp3) is 0.147. The molecule has 1 aliphatic carbocycles. The number of nitro benzene ring substituents is 1. The van der Waals surface area contributed by atoms with E-state index in [4.69, 9.17) is 0 Å². The summed E-state index contributed by atoms with van der Waals surface area (Å²) >= 11 is 0. The van der Waals surface area contributed by atoms with Crippen molar-refractivity contribution in [3.05, 3.63) is 147 Å². The molecular weight excluding hydrogens is 516 g/mol. The Morgan fingerprint density at radius 3 is 2.22 bits per heavy atom. The van der Waals surface area contributed by atoms with Crippen molar-refractivity contribution >= 4 is 34.8 Å². The molecule has 3 atom stereocenters. The Morgan fingerprint density at radius 2 is 1.54 bits per heavy atom. The number of benzene rings is 4. The second-order valence-electron chi connectivity index (χ2n) is 10.9. The highest BCUT2D eigenvalue weighted by Crippen LogP contribution is 2.61. The van der Waals surface area contributed by atoms with Crippen LogP contribution in [-0.4, -0.2) is 34.4 Å². The van der Waals surface area contributed by atoms with E-state index in [1.54, 1.807) is 60.7 Å². The van der Waals surface area contributed by atoms with Gasteiger partial charge in [-0.25, -0.2) is 0 Å². The summed E-state index contributed by atoms with van der Waals surface area (Å²) in [7, 11) is 0. The van der Waals surface area contributed by atoms with Gasteiger partial charge in [-0.15, -0.1) is 0 Å². The van der Waals surface area contributed by atoms with E-state index in [-0.39, 0.29) is 23.0 Å². The van der Waals surface area contributed by atoms with Crippen molar-refractivity contribution in [2.75, 3.05) is 4.90 Å². The lowest BCUT2D eigenvalue weighted by molar-refractivity contribution is -0.384. The smallest absolute Gasteiger partial charge is 0.269 e. The van der Waals surface area contributed by atoms with Gasteiger partial charge in [0.2, 0.25) is 0 Å². The van der Waals surface area contributed by atoms with Gasteiger partial charge in [-0.2, -0.15) is 0 Å². The molecule has 2 aliphatic heterocycles. The first-order valence-electron chi connectivity index (χ1n) is 13.4. The number of ketones is 3. The Kier molecular flexibility index (Phi) is 5.41. The summed E-state index contributed by atoms with van der Waals surface area (Å²) < 4.78 is 0. The van der Waals surface area contributed by atoms with Crippen LogP contribution in [0.3, 0.4) is 0 Å². The van der Waals surface area contributed by atoms with Crippen LogP contribution in [-0.2, 0) is 0 Å². The molecule has 4 aromatic carbocycles. The van der Waals surface area contributed by atoms with Gasteiger partial charge in [-0.3, -0.25) is 24.5 Å². The zero-order chi connectivity index (χ0) is 28.5. The summed E-state index contributed by atoms with van der Waals surface area (Å²) in [6, 6.07) is 25.7. The lowest BCUT2D eigenvalue weighted by Gasteiger charge is -2.37. The van der Waals surface area contributed by atoms with Gasteiger partial charge in [0.1, 0.15) is 11.5 Å². The zero-order valence-corrected chi connectivity index (χ0v) is 22.1. The van der Waals surface area contributed by atoms with Crippen LogP contribution in [0.25, 0.3) is 6.08 Å². The van der Waals surface area contributed by atoms with Crippen LogP contribution < -0.4 is 4.90 Å². The molecule has 7 rings (SSSR count). The van der Waals surface area contributed by atoms with Gasteiger partial charge in [0, 0.05) is 40.4 Å². The molecule has 0 bridgehead atoms. The van der Waals surface area contributed by atoms with Crippen molar-refractivity contribution in [3.8, 4) is 0 Å². The second-order valence-corrected chi connectivity index (χ2v) is 10.9. The monoisotopic (exact) mass is 540 g/mol. The number of hydrogen-bond donors (Lipinski definition) is 0. The minimum absolute atomic E-state index is 0.171. The first-order valence-corrected chi connectivity index (χ1v) is 13.4. The Bertz CT molecular complexity index is 1790. The number of anilines is 1. The molecule has 1 spiro atoms. The Labute approximate surface area is 235 Å². The number of rotatable bonds is 4. The molecule has 4 aromatic rings. The van der Waals surface area contributed by atoms with Gasteiger partial charge < -0.3 is 4.90 Å². The number of carbonyl (C=O) groups excluding carboxylic acids is 3. The topological polar surface area (TPSA) is 97.6 Å². The highest BCUT2D eigenvalue weighted by molar-refractivity contribution is 6.32. The van der Waals surface area contributed by atoms with E-state index in [1.165, 1.54) is 12.1 Å². The van der Waals surface area contributed by atoms with E-state index in [0.717, 1.165) is 16.8 Å². The molecule has 200 valence electrons. The van der Waals surface area contributed by atoms with E-state index >= 15 is 0 Å². The van der Waals surface area contributed by atoms with Crippen LogP contribution in [0.2, 0.25) is 0 Å². The average molecular weight is 541 g/mol. The summed E-state index contributed by atoms with van der Waals surface area (Å²) in [4.78, 5) is 57.2. The van der Waals surface area contributed by atoms with E-state index in [1.807, 2.05) is 48.2 Å². The minimum Gasteiger partial charge on any atom is -0.352 e. The molecule has 7 heteroatoms. The van der Waals surface area contributed by atoms with Crippen LogP contribution in [0.5, 0.6) is 0 Å². The third-order valence-corrected chi connectivity index (χ3v) is 8.73. The van der Waals surface area contributed by atoms with Gasteiger partial charge in [0.15, 0.2) is 17.3 Å². The maximum absolute atomic E-state index is 14.6. The number of carbonyl (C=O) groups is 3. The molecule has 0 aromatic heterocycles. The van der Waals surface area contributed by atoms with E-state index < -0.39 is 28.3 Å². The normalized spacial score (nSPS) is 21.5. The fourth-order valence-electron chi connectivity index (χ4n) is 7.05. The van der Waals surface area contributed by atoms with Crippen LogP contribution in [0.1, 0.15) is 53.7 Å². The number of fused-ring (bicyclic) bond motifs is 5. The number of hydrogen-bond acceptors (Lipinski definition) is 6. The Balaban J connectivity index is 1.57. The van der Waals surface area contributed by atoms with Gasteiger partial charge >= 0.3 is 0 Å². The number of nitro groups is 1. The van der Waals surface area contributed by atoms with Gasteiger partial charge in [0.25, 0.3) is 5.69 Å². The van der Waals surface area contributed by atoms with Crippen LogP contribution in [0.4, 0.5) is 11.4 Å². The van der Waals surface area contributed by atoms with Crippen LogP contribution in [0, 0.1) is 22.5 Å². The van der Waals surface area contributed by atoms with E-state index in [0.29, 0.717) is 22.3 Å². The van der Waals surface area contributed by atoms with E-state index in [9.17, 15) is 24.5 Å². The molecule has 3 aliphatic rings. The summed E-state index contributed by atoms with van der Waals surface area (Å²) in [5.74, 6) is -1.99. The van der Waals surface area contributed by atoms with E-state index in [2.05, 4.69) is 0 Å². The molecule has 0 saturated carbocycles. The van der Waals surface area contributed by atoms with Crippen molar-refractivity contribution in [1.82, 2.24) is 0 Å². The zero-order valence-electron chi connectivity index (χ0n) is 22.1. The summed E-state index contributed by atoms with van der Waals surface area (Å²) in [6.45, 7) is 1.95. The minimum atomic E-state index is -1.70. The summed E-state index contributed by atoms with van der Waals surface area (Å²) in [5, 5.41) is 11.9. The molecule has 0 amide bonds. The highest BCUT2D eigenvalue weighted by Gasteiger charge is 2.71. The van der Waals surface area contributed by atoms with Crippen molar-refractivity contribution in [1.29, 1.82) is 0 Å². The largest absolute Gasteiger partial charge is 0.352 e. The predicted octanol–water partition coefficient (Wildman–Crippen LogP) is 6.22. The fourth-order valence-corrected chi connectivity index (χ4v) is 7.05. The van der Waals surface area contributed by atoms with Crippen molar-refractivity contribution in [2.45, 2.75) is 24.9 Å². The molecule has 41 heavy (non-hydrogen) atoms. The lowest BCUT2D eigenvalue weighted by atomic mass is 9.64. The van der Waals surface area contributed by atoms with Gasteiger partial charge in [0.05, 0.1) is 11.0 Å². The van der Waals surface area contributed by atoms with Crippen LogP contribution >= 0.6 is 0 Å². The second kappa shape index (κ2) is 8.93. The molecule has 1 saturated heterocycles. The van der Waals surface area contributed by atoms with Crippen LogP contribution in [0.15, 0.2) is 103 Å². The SMILES string of the molecule is Cc1ccc2c(c1)N1[C@@H](C(=O)c3ccccc3)[C@H](c3cccc([N+](=O)[O-])c3)C3(C(=O)c4ccccc4C3=O)[C@H]1C=C2. The Hall–Kier alpha value is -5.17. The van der Waals surface area contributed by atoms with Crippen molar-refractivity contribution in [3.63, 3.8) is 0 Å². The molecule has 0 unspecified atom stereocenters. The maximum Gasteiger partial charge on any atom is 0.269 e. The summed E-state index contributed by atoms with van der Waals surface area (Å²) in [5.41, 5.74) is 2.15. The molecular formula is C34H24N2O5. The van der Waals surface area contributed by atoms with Crippen molar-refractivity contribution in [2.24, 2.45) is 5.41 Å². The van der Waals surface area contributed by atoms with Gasteiger partial charge in [-0.1, -0.05) is 91.0 Å². The van der Waals surface area contributed by atoms with Gasteiger partial charge in [-0.05, 0) is 29.7 Å². The third kappa shape index (κ3) is 3.35. The highest BCUT2D eigenvalue weighted by atomic mass is 16.6. The lowest BCUT2D eigenvalue weighted by Crippen LogP contribution is -2.48.